The lowest BCUT2D eigenvalue weighted by Crippen LogP contribution is -2.61. The van der Waals surface area contributed by atoms with E-state index in [9.17, 15) is 35.1 Å². The second kappa shape index (κ2) is 65.6. The standard InChI is InChI=1S/C79H139NO10/c1-4-7-10-13-16-19-22-25-27-29-31-33-35-36-37-39-40-42-44-46-48-51-54-57-60-63-66-72(83)78(87)80-70(71(82)65-62-59-56-53-50-24-21-18-15-12-9-6-3)69-88-79-77(76(86)75(85)73(68-81)89-79)90-74(84)67-64-61-58-55-52-49-47-45-43-41-38-34-32-30-28-26-23-20-17-14-11-8-5-2/h7,10,16,19,25-28,31,33,36-37,40,42,62,65,70-73,75-77,79,81-83,85-86H,4-6,8-9,11-15,17-18,20-24,29-30,32,34-35,38-39,41,43-61,63-64,66-69H2,1-3H3,(H,80,87)/b10-7-,19-16-,27-25-,28-26+,33-31-,37-36-,42-40-,65-62+. The molecule has 0 aromatic carbocycles. The monoisotopic (exact) mass is 1260 g/mol. The Morgan fingerprint density at radius 2 is 0.800 bits per heavy atom. The van der Waals surface area contributed by atoms with Crippen molar-refractivity contribution in [2.45, 2.75) is 378 Å². The zero-order valence-corrected chi connectivity index (χ0v) is 58.0. The van der Waals surface area contributed by atoms with Crippen LogP contribution in [-0.2, 0) is 23.8 Å². The molecule has 1 aliphatic heterocycles. The first kappa shape index (κ1) is 84.6. The molecular formula is C79H139NO10. The van der Waals surface area contributed by atoms with Gasteiger partial charge in [-0.2, -0.15) is 0 Å². The normalized spacial score (nSPS) is 18.6. The molecule has 0 aliphatic carbocycles. The summed E-state index contributed by atoms with van der Waals surface area (Å²) in [6, 6.07) is -1.03. The van der Waals surface area contributed by atoms with Crippen LogP contribution in [0.25, 0.3) is 0 Å². The number of hydrogen-bond donors (Lipinski definition) is 6. The average Bonchev–Trinajstić information content (AvgIpc) is 1.11. The zero-order valence-electron chi connectivity index (χ0n) is 58.0. The number of aliphatic hydroxyl groups excluding tert-OH is 5. The summed E-state index contributed by atoms with van der Waals surface area (Å²) in [5, 5.41) is 57.3. The number of aliphatic hydroxyl groups is 5. The van der Waals surface area contributed by atoms with E-state index in [1.54, 1.807) is 6.08 Å². The predicted molar refractivity (Wildman–Crippen MR) is 379 cm³/mol. The fraction of sp³-hybridized carbons (Fsp3) is 0.772. The van der Waals surface area contributed by atoms with E-state index in [0.29, 0.717) is 12.8 Å². The molecule has 11 heteroatoms. The van der Waals surface area contributed by atoms with Gasteiger partial charge in [-0.1, -0.05) is 317 Å². The van der Waals surface area contributed by atoms with Crippen LogP contribution in [-0.4, -0.2) is 99.6 Å². The lowest BCUT2D eigenvalue weighted by Gasteiger charge is -2.41. The van der Waals surface area contributed by atoms with Crippen molar-refractivity contribution in [3.05, 3.63) is 97.2 Å². The highest BCUT2D eigenvalue weighted by Crippen LogP contribution is 2.26. The maximum Gasteiger partial charge on any atom is 0.306 e. The number of rotatable bonds is 64. The molecule has 8 unspecified atom stereocenters. The topological polar surface area (TPSA) is 175 Å². The SMILES string of the molecule is CC/C=C\C/C=C\C/C=C\C/C=C\C/C=C\C/C=C\CCCCCCCCCC(O)C(=O)NC(COC1OC(CO)C(O)C(O)C1OC(=O)CCCCCCCCCCCCCCC/C=C/CCCCCCCC)C(O)/C=C/CCCCCCCCCCCC. The molecule has 1 heterocycles. The van der Waals surface area contributed by atoms with Crippen molar-refractivity contribution >= 4 is 11.9 Å². The van der Waals surface area contributed by atoms with Crippen LogP contribution in [0, 0.1) is 0 Å². The molecule has 0 bridgehead atoms. The minimum absolute atomic E-state index is 0.121. The smallest absolute Gasteiger partial charge is 0.306 e. The molecule has 8 atom stereocenters. The Balaban J connectivity index is 2.55. The van der Waals surface area contributed by atoms with E-state index in [2.05, 4.69) is 111 Å². The van der Waals surface area contributed by atoms with Gasteiger partial charge >= 0.3 is 5.97 Å². The van der Waals surface area contributed by atoms with E-state index in [4.69, 9.17) is 14.2 Å². The highest BCUT2D eigenvalue weighted by molar-refractivity contribution is 5.80. The molecule has 1 amide bonds. The number of allylic oxidation sites excluding steroid dienone is 15. The van der Waals surface area contributed by atoms with Gasteiger partial charge in [-0.15, -0.1) is 0 Å². The van der Waals surface area contributed by atoms with E-state index in [0.717, 1.165) is 116 Å². The largest absolute Gasteiger partial charge is 0.454 e. The first-order valence-electron chi connectivity index (χ1n) is 37.5. The summed E-state index contributed by atoms with van der Waals surface area (Å²) >= 11 is 0. The van der Waals surface area contributed by atoms with Crippen LogP contribution >= 0.6 is 0 Å². The van der Waals surface area contributed by atoms with Crippen LogP contribution in [0.1, 0.15) is 329 Å². The maximum atomic E-state index is 13.5. The second-order valence-corrected chi connectivity index (χ2v) is 25.6. The summed E-state index contributed by atoms with van der Waals surface area (Å²) in [5.41, 5.74) is 0. The summed E-state index contributed by atoms with van der Waals surface area (Å²) in [6.45, 7) is 5.70. The Hall–Kier alpha value is -3.42. The molecule has 0 aromatic heterocycles. The third-order valence-corrected chi connectivity index (χ3v) is 17.2. The van der Waals surface area contributed by atoms with Gasteiger partial charge in [0.25, 0.3) is 0 Å². The first-order chi connectivity index (χ1) is 44.2. The molecule has 90 heavy (non-hydrogen) atoms. The fourth-order valence-electron chi connectivity index (χ4n) is 11.4. The van der Waals surface area contributed by atoms with E-state index in [1.165, 1.54) is 167 Å². The number of ether oxygens (including phenoxy) is 3. The van der Waals surface area contributed by atoms with E-state index in [1.807, 2.05) is 6.08 Å². The highest BCUT2D eigenvalue weighted by atomic mass is 16.7. The molecular weight excluding hydrogens is 1120 g/mol. The number of esters is 1. The number of unbranched alkanes of at least 4 members (excludes halogenated alkanes) is 36. The van der Waals surface area contributed by atoms with Gasteiger partial charge in [0.05, 0.1) is 25.4 Å². The Morgan fingerprint density at radius 1 is 0.444 bits per heavy atom. The molecule has 1 rings (SSSR count). The lowest BCUT2D eigenvalue weighted by atomic mass is 9.99. The second-order valence-electron chi connectivity index (χ2n) is 25.6. The van der Waals surface area contributed by atoms with Crippen LogP contribution < -0.4 is 5.32 Å². The van der Waals surface area contributed by atoms with Crippen molar-refractivity contribution in [1.29, 1.82) is 0 Å². The summed E-state index contributed by atoms with van der Waals surface area (Å²) in [5.74, 6) is -1.20. The van der Waals surface area contributed by atoms with Gasteiger partial charge in [0.15, 0.2) is 12.4 Å². The van der Waals surface area contributed by atoms with Gasteiger partial charge in [-0.3, -0.25) is 9.59 Å². The van der Waals surface area contributed by atoms with Crippen LogP contribution in [0.5, 0.6) is 0 Å². The van der Waals surface area contributed by atoms with Crippen molar-refractivity contribution in [3.63, 3.8) is 0 Å². The van der Waals surface area contributed by atoms with Gasteiger partial charge in [-0.25, -0.2) is 0 Å². The van der Waals surface area contributed by atoms with Crippen LogP contribution in [0.15, 0.2) is 97.2 Å². The molecule has 0 aromatic rings. The first-order valence-corrected chi connectivity index (χ1v) is 37.5. The average molecular weight is 1260 g/mol. The van der Waals surface area contributed by atoms with Crippen molar-refractivity contribution in [1.82, 2.24) is 5.32 Å². The highest BCUT2D eigenvalue weighted by Gasteiger charge is 2.47. The number of amides is 1. The summed E-state index contributed by atoms with van der Waals surface area (Å²) < 4.78 is 17.7. The molecule has 0 radical (unpaired) electrons. The number of nitrogens with one attached hydrogen (secondary N) is 1. The third kappa shape index (κ3) is 52.0. The van der Waals surface area contributed by atoms with E-state index in [-0.39, 0.29) is 19.4 Å². The molecule has 1 fully saturated rings. The third-order valence-electron chi connectivity index (χ3n) is 17.2. The molecule has 6 N–H and O–H groups in total. The molecule has 0 spiro atoms. The van der Waals surface area contributed by atoms with Gasteiger partial charge in [0, 0.05) is 6.42 Å². The molecule has 11 nitrogen and oxygen atoms in total. The van der Waals surface area contributed by atoms with Crippen molar-refractivity contribution in [2.75, 3.05) is 13.2 Å². The van der Waals surface area contributed by atoms with Gasteiger partial charge in [-0.05, 0) is 103 Å². The van der Waals surface area contributed by atoms with Crippen LogP contribution in [0.3, 0.4) is 0 Å². The van der Waals surface area contributed by atoms with Crippen molar-refractivity contribution in [2.24, 2.45) is 0 Å². The van der Waals surface area contributed by atoms with Gasteiger partial charge < -0.3 is 45.1 Å². The molecule has 1 aliphatic rings. The van der Waals surface area contributed by atoms with Gasteiger partial charge in [0.2, 0.25) is 5.91 Å². The van der Waals surface area contributed by atoms with Crippen LogP contribution in [0.2, 0.25) is 0 Å². The van der Waals surface area contributed by atoms with Crippen molar-refractivity contribution in [3.8, 4) is 0 Å². The van der Waals surface area contributed by atoms with Crippen molar-refractivity contribution < 1.29 is 49.3 Å². The number of carbonyl (C=O) groups is 2. The fourth-order valence-corrected chi connectivity index (χ4v) is 11.4. The molecule has 520 valence electrons. The van der Waals surface area contributed by atoms with E-state index >= 15 is 0 Å². The minimum atomic E-state index is -1.62. The Labute approximate surface area is 552 Å². The molecule has 0 saturated carbocycles. The summed E-state index contributed by atoms with van der Waals surface area (Å²) in [4.78, 5) is 26.7. The van der Waals surface area contributed by atoms with E-state index < -0.39 is 67.4 Å². The predicted octanol–water partition coefficient (Wildman–Crippen LogP) is 19.8. The Kier molecular flexibility index (Phi) is 61.7. The van der Waals surface area contributed by atoms with Gasteiger partial charge in [0.1, 0.15) is 24.4 Å². The summed E-state index contributed by atoms with van der Waals surface area (Å²) in [6.07, 6.45) is 78.7. The number of carbonyl (C=O) groups excluding carboxylic acids is 2. The Bertz CT molecular complexity index is 1840. The number of hydrogen-bond acceptors (Lipinski definition) is 10. The summed E-state index contributed by atoms with van der Waals surface area (Å²) in [7, 11) is 0. The lowest BCUT2D eigenvalue weighted by molar-refractivity contribution is -0.305. The zero-order chi connectivity index (χ0) is 65.3. The minimum Gasteiger partial charge on any atom is -0.454 e. The maximum absolute atomic E-state index is 13.5. The quantitative estimate of drug-likeness (QED) is 0.0195. The Morgan fingerprint density at radius 3 is 1.21 bits per heavy atom. The molecule has 1 saturated heterocycles. The van der Waals surface area contributed by atoms with Crippen LogP contribution in [0.4, 0.5) is 0 Å².